The summed E-state index contributed by atoms with van der Waals surface area (Å²) in [6.45, 7) is 2.65. The van der Waals surface area contributed by atoms with Gasteiger partial charge in [-0.3, -0.25) is 4.79 Å². The molecule has 1 aromatic carbocycles. The summed E-state index contributed by atoms with van der Waals surface area (Å²) >= 11 is 6.92. The number of carbonyl (C=O) groups excluding carboxylic acids is 1. The van der Waals surface area contributed by atoms with Gasteiger partial charge >= 0.3 is 0 Å². The molecule has 0 radical (unpaired) electrons. The Labute approximate surface area is 162 Å². The van der Waals surface area contributed by atoms with E-state index in [2.05, 4.69) is 10.2 Å². The molecule has 0 saturated carbocycles. The van der Waals surface area contributed by atoms with Gasteiger partial charge in [0.2, 0.25) is 5.91 Å². The molecule has 2 heterocycles. The molecule has 0 aliphatic carbocycles. The molecule has 1 saturated heterocycles. The van der Waals surface area contributed by atoms with Gasteiger partial charge in [0.15, 0.2) is 0 Å². The van der Waals surface area contributed by atoms with Gasteiger partial charge in [-0.1, -0.05) is 29.8 Å². The van der Waals surface area contributed by atoms with Crippen LogP contribution in [0.15, 0.2) is 46.7 Å². The highest BCUT2D eigenvalue weighted by Gasteiger charge is 2.29. The van der Waals surface area contributed by atoms with Crippen LogP contribution in [0.25, 0.3) is 0 Å². The third-order valence-corrected chi connectivity index (χ3v) is 7.78. The zero-order valence-corrected chi connectivity index (χ0v) is 16.5. The molecule has 3 rings (SSSR count). The van der Waals surface area contributed by atoms with Crippen molar-refractivity contribution < 1.29 is 13.2 Å². The van der Waals surface area contributed by atoms with Gasteiger partial charge in [-0.2, -0.15) is 4.31 Å². The summed E-state index contributed by atoms with van der Waals surface area (Å²) in [5, 5.41) is 2.86. The summed E-state index contributed by atoms with van der Waals surface area (Å²) in [6, 6.07) is 12.5. The van der Waals surface area contributed by atoms with Gasteiger partial charge in [-0.05, 0) is 24.3 Å². The predicted molar refractivity (Wildman–Crippen MR) is 104 cm³/mol. The third kappa shape index (κ3) is 4.83. The number of nitrogens with one attached hydrogen (secondary N) is 1. The maximum absolute atomic E-state index is 12.6. The van der Waals surface area contributed by atoms with E-state index in [0.717, 1.165) is 17.0 Å². The topological polar surface area (TPSA) is 69.7 Å². The first-order valence-corrected chi connectivity index (χ1v) is 10.9. The first kappa shape index (κ1) is 19.3. The molecule has 2 aromatic rings. The van der Waals surface area contributed by atoms with Crippen LogP contribution < -0.4 is 5.32 Å². The molecule has 6 nitrogen and oxygen atoms in total. The van der Waals surface area contributed by atoms with Gasteiger partial charge in [0, 0.05) is 44.8 Å². The first-order chi connectivity index (χ1) is 12.4. The van der Waals surface area contributed by atoms with Gasteiger partial charge in [-0.15, -0.1) is 11.3 Å². The minimum Gasteiger partial charge on any atom is -0.326 e. The zero-order valence-electron chi connectivity index (χ0n) is 14.1. The molecule has 1 aliphatic heterocycles. The maximum atomic E-state index is 12.6. The Kier molecular flexibility index (Phi) is 6.31. The Morgan fingerprint density at radius 1 is 1.08 bits per heavy atom. The summed E-state index contributed by atoms with van der Waals surface area (Å²) in [5.41, 5.74) is 0.781. The van der Waals surface area contributed by atoms with E-state index in [1.807, 2.05) is 30.3 Å². The fourth-order valence-corrected chi connectivity index (χ4v) is 5.82. The van der Waals surface area contributed by atoms with Crippen LogP contribution in [0.5, 0.6) is 0 Å². The number of piperazine rings is 1. The van der Waals surface area contributed by atoms with Crippen molar-refractivity contribution in [2.24, 2.45) is 0 Å². The lowest BCUT2D eigenvalue weighted by molar-refractivity contribution is -0.116. The number of rotatable bonds is 6. The van der Waals surface area contributed by atoms with Crippen LogP contribution in [0.1, 0.15) is 6.42 Å². The molecule has 140 valence electrons. The SMILES string of the molecule is O=C(CCN1CCN(S(=O)(=O)c2ccc(Cl)s2)CC1)Nc1ccccc1. The maximum Gasteiger partial charge on any atom is 0.252 e. The number of carbonyl (C=O) groups is 1. The van der Waals surface area contributed by atoms with Crippen LogP contribution in [0.3, 0.4) is 0 Å². The minimum atomic E-state index is -3.48. The zero-order chi connectivity index (χ0) is 18.6. The standard InChI is InChI=1S/C17H20ClN3O3S2/c18-15-6-7-17(25-15)26(23,24)21-12-10-20(11-13-21)9-8-16(22)19-14-4-2-1-3-5-14/h1-7H,8-13H2,(H,19,22). The Bertz CT molecular complexity index is 847. The lowest BCUT2D eigenvalue weighted by Crippen LogP contribution is -2.48. The predicted octanol–water partition coefficient (Wildman–Crippen LogP) is 2.74. The van der Waals surface area contributed by atoms with E-state index in [1.165, 1.54) is 4.31 Å². The van der Waals surface area contributed by atoms with E-state index in [-0.39, 0.29) is 10.1 Å². The quantitative estimate of drug-likeness (QED) is 0.790. The van der Waals surface area contributed by atoms with Crippen molar-refractivity contribution in [1.29, 1.82) is 0 Å². The van der Waals surface area contributed by atoms with Gasteiger partial charge in [-0.25, -0.2) is 8.42 Å². The second kappa shape index (κ2) is 8.49. The van der Waals surface area contributed by atoms with Crippen molar-refractivity contribution in [1.82, 2.24) is 9.21 Å². The van der Waals surface area contributed by atoms with Gasteiger partial charge < -0.3 is 10.2 Å². The van der Waals surface area contributed by atoms with Crippen LogP contribution in [0.4, 0.5) is 5.69 Å². The smallest absolute Gasteiger partial charge is 0.252 e. The van der Waals surface area contributed by atoms with E-state index >= 15 is 0 Å². The number of hydrogen-bond acceptors (Lipinski definition) is 5. The second-order valence-electron chi connectivity index (χ2n) is 5.97. The Morgan fingerprint density at radius 3 is 2.38 bits per heavy atom. The van der Waals surface area contributed by atoms with Gasteiger partial charge in [0.25, 0.3) is 10.0 Å². The molecular formula is C17H20ClN3O3S2. The summed E-state index contributed by atoms with van der Waals surface area (Å²) in [5.74, 6) is -0.0421. The minimum absolute atomic E-state index is 0.0421. The molecule has 0 spiro atoms. The third-order valence-electron chi connectivity index (χ3n) is 4.19. The number of anilines is 1. The van der Waals surface area contributed by atoms with Crippen LogP contribution in [-0.4, -0.2) is 56.3 Å². The molecule has 9 heteroatoms. The highest BCUT2D eigenvalue weighted by molar-refractivity contribution is 7.91. The second-order valence-corrected chi connectivity index (χ2v) is 9.85. The van der Waals surface area contributed by atoms with Gasteiger partial charge in [0.1, 0.15) is 4.21 Å². The van der Waals surface area contributed by atoms with Crippen LogP contribution in [-0.2, 0) is 14.8 Å². The summed E-state index contributed by atoms with van der Waals surface area (Å²) in [7, 11) is -3.48. The number of benzene rings is 1. The van der Waals surface area contributed by atoms with Crippen LogP contribution in [0, 0.1) is 0 Å². The molecule has 1 amide bonds. The number of thiophene rings is 1. The lowest BCUT2D eigenvalue weighted by atomic mass is 10.3. The van der Waals surface area contributed by atoms with Crippen LogP contribution in [0.2, 0.25) is 4.34 Å². The number of para-hydroxylation sites is 1. The molecule has 1 N–H and O–H groups in total. The molecular weight excluding hydrogens is 394 g/mol. The van der Waals surface area contributed by atoms with Crippen molar-refractivity contribution >= 4 is 44.6 Å². The Morgan fingerprint density at radius 2 is 1.77 bits per heavy atom. The van der Waals surface area contributed by atoms with E-state index in [9.17, 15) is 13.2 Å². The van der Waals surface area contributed by atoms with Crippen molar-refractivity contribution in [3.05, 3.63) is 46.8 Å². The highest BCUT2D eigenvalue weighted by atomic mass is 35.5. The normalized spacial score (nSPS) is 16.5. The average molecular weight is 414 g/mol. The number of sulfonamides is 1. The summed E-state index contributed by atoms with van der Waals surface area (Å²) in [6.07, 6.45) is 0.377. The largest absolute Gasteiger partial charge is 0.326 e. The Balaban J connectivity index is 1.46. The molecule has 1 fully saturated rings. The number of nitrogens with zero attached hydrogens (tertiary/aromatic N) is 2. The van der Waals surface area contributed by atoms with Gasteiger partial charge in [0.05, 0.1) is 4.34 Å². The number of halogens is 1. The van der Waals surface area contributed by atoms with E-state index < -0.39 is 10.0 Å². The Hall–Kier alpha value is -1.45. The average Bonchev–Trinajstić information content (AvgIpc) is 3.08. The number of hydrogen-bond donors (Lipinski definition) is 1. The van der Waals surface area contributed by atoms with Crippen molar-refractivity contribution in [2.45, 2.75) is 10.6 Å². The van der Waals surface area contributed by atoms with E-state index in [1.54, 1.807) is 12.1 Å². The van der Waals surface area contributed by atoms with Crippen molar-refractivity contribution in [2.75, 3.05) is 38.0 Å². The van der Waals surface area contributed by atoms with Crippen molar-refractivity contribution in [3.63, 3.8) is 0 Å². The molecule has 1 aliphatic rings. The molecule has 26 heavy (non-hydrogen) atoms. The van der Waals surface area contributed by atoms with E-state index in [0.29, 0.717) is 43.5 Å². The monoisotopic (exact) mass is 413 g/mol. The van der Waals surface area contributed by atoms with E-state index in [4.69, 9.17) is 11.6 Å². The first-order valence-electron chi connectivity index (χ1n) is 8.28. The lowest BCUT2D eigenvalue weighted by Gasteiger charge is -2.33. The molecule has 0 unspecified atom stereocenters. The van der Waals surface area contributed by atoms with Crippen molar-refractivity contribution in [3.8, 4) is 0 Å². The summed E-state index contributed by atoms with van der Waals surface area (Å²) < 4.78 is 27.4. The highest BCUT2D eigenvalue weighted by Crippen LogP contribution is 2.28. The molecule has 1 aromatic heterocycles. The summed E-state index contributed by atoms with van der Waals surface area (Å²) in [4.78, 5) is 14.1. The fourth-order valence-electron chi connectivity index (χ4n) is 2.76. The van der Waals surface area contributed by atoms with Crippen LogP contribution >= 0.6 is 22.9 Å². The molecule has 0 atom stereocenters. The number of amides is 1. The fraction of sp³-hybridized carbons (Fsp3) is 0.353. The molecule has 0 bridgehead atoms.